The molecule has 0 rings (SSSR count). The van der Waals surface area contributed by atoms with Gasteiger partial charge in [-0.05, 0) is 12.8 Å². The van der Waals surface area contributed by atoms with Gasteiger partial charge in [-0.1, -0.05) is 87.4 Å². The van der Waals surface area contributed by atoms with Gasteiger partial charge in [-0.25, -0.2) is 0 Å². The minimum absolute atomic E-state index is 1.16. The van der Waals surface area contributed by atoms with E-state index in [1.54, 1.807) is 0 Å². The van der Waals surface area contributed by atoms with Gasteiger partial charge in [0.15, 0.2) is 0 Å². The van der Waals surface area contributed by atoms with Gasteiger partial charge in [0.1, 0.15) is 0 Å². The van der Waals surface area contributed by atoms with Crippen molar-refractivity contribution < 1.29 is 0 Å². The molecule has 0 aromatic carbocycles. The van der Waals surface area contributed by atoms with Crippen molar-refractivity contribution in [2.45, 2.75) is 39.5 Å². The van der Waals surface area contributed by atoms with E-state index in [2.05, 4.69) is 50.3 Å². The van der Waals surface area contributed by atoms with Crippen LogP contribution in [0.4, 0.5) is 0 Å². The fourth-order valence-electron chi connectivity index (χ4n) is 1.07. The third-order valence-corrected chi connectivity index (χ3v) is 1.96. The average Bonchev–Trinajstić information content (AvgIpc) is 2.31. The minimum Gasteiger partial charge on any atom is -0.0845 e. The quantitative estimate of drug-likeness (QED) is 0.479. The summed E-state index contributed by atoms with van der Waals surface area (Å²) >= 11 is 0. The van der Waals surface area contributed by atoms with E-state index in [-0.39, 0.29) is 0 Å². The smallest absolute Gasteiger partial charge is 0.0350 e. The SMILES string of the molecule is CCC/C=C/C=C/C=C/C=C/C=C/CCC. The van der Waals surface area contributed by atoms with E-state index in [1.807, 2.05) is 24.3 Å². The lowest BCUT2D eigenvalue weighted by Gasteiger charge is -1.80. The molecule has 0 saturated carbocycles. The predicted octanol–water partition coefficient (Wildman–Crippen LogP) is 5.37. The molecule has 0 heteroatoms. The molecule has 0 amide bonds. The second kappa shape index (κ2) is 13.7. The highest BCUT2D eigenvalue weighted by Crippen LogP contribution is 1.90. The van der Waals surface area contributed by atoms with Crippen LogP contribution in [0.3, 0.4) is 0 Å². The Labute approximate surface area is 101 Å². The molecule has 0 aromatic rings. The lowest BCUT2D eigenvalue weighted by atomic mass is 10.3. The van der Waals surface area contributed by atoms with E-state index < -0.39 is 0 Å². The molecule has 0 spiro atoms. The van der Waals surface area contributed by atoms with Gasteiger partial charge in [-0.15, -0.1) is 0 Å². The van der Waals surface area contributed by atoms with E-state index >= 15 is 0 Å². The predicted molar refractivity (Wildman–Crippen MR) is 75.5 cm³/mol. The third kappa shape index (κ3) is 12.7. The van der Waals surface area contributed by atoms with Crippen molar-refractivity contribution in [3.63, 3.8) is 0 Å². The maximum absolute atomic E-state index is 2.19. The van der Waals surface area contributed by atoms with Gasteiger partial charge in [-0.3, -0.25) is 0 Å². The highest BCUT2D eigenvalue weighted by atomic mass is 13.8. The van der Waals surface area contributed by atoms with Crippen molar-refractivity contribution in [1.82, 2.24) is 0 Å². The normalized spacial score (nSPS) is 13.4. The molecular formula is C16H24. The van der Waals surface area contributed by atoms with Crippen LogP contribution >= 0.6 is 0 Å². The van der Waals surface area contributed by atoms with Crippen molar-refractivity contribution in [3.05, 3.63) is 60.8 Å². The zero-order chi connectivity index (χ0) is 11.9. The molecule has 0 fully saturated rings. The topological polar surface area (TPSA) is 0 Å². The highest BCUT2D eigenvalue weighted by molar-refractivity contribution is 5.17. The highest BCUT2D eigenvalue weighted by Gasteiger charge is 1.69. The van der Waals surface area contributed by atoms with E-state index in [4.69, 9.17) is 0 Å². The molecule has 0 nitrogen and oxygen atoms in total. The maximum Gasteiger partial charge on any atom is -0.0350 e. The first kappa shape index (κ1) is 14.7. The Morgan fingerprint density at radius 2 is 0.812 bits per heavy atom. The van der Waals surface area contributed by atoms with Crippen LogP contribution in [-0.4, -0.2) is 0 Å². The summed E-state index contributed by atoms with van der Waals surface area (Å²) in [5.74, 6) is 0. The van der Waals surface area contributed by atoms with Crippen molar-refractivity contribution in [1.29, 1.82) is 0 Å². The van der Waals surface area contributed by atoms with E-state index in [1.165, 1.54) is 12.8 Å². The Morgan fingerprint density at radius 3 is 1.12 bits per heavy atom. The van der Waals surface area contributed by atoms with Crippen molar-refractivity contribution >= 4 is 0 Å². The lowest BCUT2D eigenvalue weighted by molar-refractivity contribution is 0.959. The summed E-state index contributed by atoms with van der Waals surface area (Å²) in [6, 6.07) is 0. The summed E-state index contributed by atoms with van der Waals surface area (Å²) in [5, 5.41) is 0. The average molecular weight is 216 g/mol. The molecule has 88 valence electrons. The number of hydrogen-bond donors (Lipinski definition) is 0. The zero-order valence-corrected chi connectivity index (χ0v) is 10.6. The number of hydrogen-bond acceptors (Lipinski definition) is 0. The molecule has 0 radical (unpaired) electrons. The molecule has 0 aliphatic rings. The third-order valence-electron chi connectivity index (χ3n) is 1.96. The Kier molecular flexibility index (Phi) is 12.6. The van der Waals surface area contributed by atoms with Crippen LogP contribution in [-0.2, 0) is 0 Å². The number of allylic oxidation sites excluding steroid dienone is 10. The van der Waals surface area contributed by atoms with Crippen LogP contribution in [0.5, 0.6) is 0 Å². The van der Waals surface area contributed by atoms with Gasteiger partial charge in [0.05, 0.1) is 0 Å². The Morgan fingerprint density at radius 1 is 0.500 bits per heavy atom. The Balaban J connectivity index is 3.60. The summed E-state index contributed by atoms with van der Waals surface area (Å²) in [7, 11) is 0. The summed E-state index contributed by atoms with van der Waals surface area (Å²) < 4.78 is 0. The molecule has 0 unspecified atom stereocenters. The van der Waals surface area contributed by atoms with Gasteiger partial charge in [0.25, 0.3) is 0 Å². The van der Waals surface area contributed by atoms with Crippen LogP contribution in [0.25, 0.3) is 0 Å². The van der Waals surface area contributed by atoms with Gasteiger partial charge >= 0.3 is 0 Å². The van der Waals surface area contributed by atoms with Crippen molar-refractivity contribution in [2.24, 2.45) is 0 Å². The van der Waals surface area contributed by atoms with E-state index in [0.717, 1.165) is 12.8 Å². The maximum atomic E-state index is 2.19. The van der Waals surface area contributed by atoms with Gasteiger partial charge in [0.2, 0.25) is 0 Å². The Bertz CT molecular complexity index is 234. The lowest BCUT2D eigenvalue weighted by Crippen LogP contribution is -1.59. The van der Waals surface area contributed by atoms with Crippen molar-refractivity contribution in [3.8, 4) is 0 Å². The van der Waals surface area contributed by atoms with Gasteiger partial charge in [0, 0.05) is 0 Å². The first-order valence-corrected chi connectivity index (χ1v) is 6.23. The number of unbranched alkanes of at least 4 members (excludes halogenated alkanes) is 2. The number of rotatable bonds is 8. The Hall–Kier alpha value is -1.30. The summed E-state index contributed by atoms with van der Waals surface area (Å²) in [6.07, 6.45) is 25.6. The van der Waals surface area contributed by atoms with Gasteiger partial charge < -0.3 is 0 Å². The van der Waals surface area contributed by atoms with Crippen LogP contribution in [0.2, 0.25) is 0 Å². The fraction of sp³-hybridized carbons (Fsp3) is 0.375. The van der Waals surface area contributed by atoms with E-state index in [0.29, 0.717) is 0 Å². The van der Waals surface area contributed by atoms with Crippen LogP contribution in [0, 0.1) is 0 Å². The first-order valence-electron chi connectivity index (χ1n) is 6.23. The summed E-state index contributed by atoms with van der Waals surface area (Å²) in [4.78, 5) is 0. The van der Waals surface area contributed by atoms with Crippen LogP contribution < -0.4 is 0 Å². The molecule has 0 atom stereocenters. The molecule has 0 heterocycles. The molecule has 0 saturated heterocycles. The van der Waals surface area contributed by atoms with Crippen molar-refractivity contribution in [2.75, 3.05) is 0 Å². The largest absolute Gasteiger partial charge is 0.0845 e. The van der Waals surface area contributed by atoms with E-state index in [9.17, 15) is 0 Å². The fourth-order valence-corrected chi connectivity index (χ4v) is 1.07. The standard InChI is InChI=1S/C16H24/c1-3-5-7-9-11-13-15-16-14-12-10-8-6-4-2/h7-16H,3-6H2,1-2H3/b9-7+,10-8+,13-11+,14-12+,16-15+. The zero-order valence-electron chi connectivity index (χ0n) is 10.6. The summed E-state index contributed by atoms with van der Waals surface area (Å²) in [6.45, 7) is 4.37. The molecule has 0 aromatic heterocycles. The molecule has 0 aliphatic carbocycles. The monoisotopic (exact) mass is 216 g/mol. The summed E-state index contributed by atoms with van der Waals surface area (Å²) in [5.41, 5.74) is 0. The minimum atomic E-state index is 1.16. The van der Waals surface area contributed by atoms with Crippen LogP contribution in [0.1, 0.15) is 39.5 Å². The molecule has 0 bridgehead atoms. The molecular weight excluding hydrogens is 192 g/mol. The molecule has 0 N–H and O–H groups in total. The van der Waals surface area contributed by atoms with Gasteiger partial charge in [-0.2, -0.15) is 0 Å². The second-order valence-electron chi connectivity index (χ2n) is 3.59. The first-order chi connectivity index (χ1) is 7.91. The molecule has 16 heavy (non-hydrogen) atoms. The van der Waals surface area contributed by atoms with Crippen LogP contribution in [0.15, 0.2) is 60.8 Å². The second-order valence-corrected chi connectivity index (χ2v) is 3.59. The molecule has 0 aliphatic heterocycles.